The summed E-state index contributed by atoms with van der Waals surface area (Å²) in [5, 5.41) is 20.9. The van der Waals surface area contributed by atoms with Crippen molar-refractivity contribution in [1.29, 1.82) is 0 Å². The second-order valence-electron chi connectivity index (χ2n) is 7.95. The van der Waals surface area contributed by atoms with Gasteiger partial charge in [-0.3, -0.25) is 0 Å². The van der Waals surface area contributed by atoms with Gasteiger partial charge in [-0.15, -0.1) is 0 Å². The lowest BCUT2D eigenvalue weighted by molar-refractivity contribution is 0.426. The van der Waals surface area contributed by atoms with E-state index in [4.69, 9.17) is 19.4 Å². The molecule has 2 aromatic heterocycles. The number of para-hydroxylation sites is 2. The zero-order chi connectivity index (χ0) is 23.1. The van der Waals surface area contributed by atoms with Gasteiger partial charge in [0.05, 0.1) is 5.56 Å². The molecular weight excluding hydrogens is 425 g/mol. The first-order valence-electron chi connectivity index (χ1n) is 10.9. The van der Waals surface area contributed by atoms with Crippen LogP contribution in [0.5, 0.6) is 0 Å². The maximum Gasteiger partial charge on any atom is 0.488 e. The van der Waals surface area contributed by atoms with E-state index in [0.717, 1.165) is 38.6 Å². The van der Waals surface area contributed by atoms with Gasteiger partial charge in [0.15, 0.2) is 17.5 Å². The van der Waals surface area contributed by atoms with Crippen molar-refractivity contribution in [3.8, 4) is 34.2 Å². The van der Waals surface area contributed by atoms with Gasteiger partial charge in [0, 0.05) is 21.9 Å². The van der Waals surface area contributed by atoms with Crippen LogP contribution in [0.3, 0.4) is 0 Å². The number of hydrogen-bond donors (Lipinski definition) is 2. The maximum atomic E-state index is 9.44. The zero-order valence-corrected chi connectivity index (χ0v) is 18.0. The Morgan fingerprint density at radius 3 is 1.91 bits per heavy atom. The molecule has 0 atom stereocenters. The van der Waals surface area contributed by atoms with Crippen molar-refractivity contribution in [3.63, 3.8) is 0 Å². The van der Waals surface area contributed by atoms with E-state index in [0.29, 0.717) is 22.9 Å². The normalized spacial score (nSPS) is 11.2. The van der Waals surface area contributed by atoms with Crippen LogP contribution >= 0.6 is 0 Å². The van der Waals surface area contributed by atoms with Crippen LogP contribution in [0.1, 0.15) is 0 Å². The number of hydrogen-bond acceptors (Lipinski definition) is 6. The summed E-state index contributed by atoms with van der Waals surface area (Å²) in [6, 6.07) is 30.4. The summed E-state index contributed by atoms with van der Waals surface area (Å²) in [6.45, 7) is 0. The molecule has 0 amide bonds. The fraction of sp³-hybridized carbons (Fsp3) is 0. The molecule has 0 aliphatic carbocycles. The molecule has 0 bridgehead atoms. The minimum Gasteiger partial charge on any atom is -0.455 e. The predicted octanol–water partition coefficient (Wildman–Crippen LogP) is 4.45. The van der Waals surface area contributed by atoms with E-state index in [2.05, 4.69) is 0 Å². The summed E-state index contributed by atoms with van der Waals surface area (Å²) in [5.74, 6) is 1.52. The Kier molecular flexibility index (Phi) is 4.91. The van der Waals surface area contributed by atoms with Gasteiger partial charge >= 0.3 is 7.12 Å². The Morgan fingerprint density at radius 1 is 0.559 bits per heavy atom. The van der Waals surface area contributed by atoms with Crippen LogP contribution in [0.4, 0.5) is 0 Å². The van der Waals surface area contributed by atoms with Crippen molar-refractivity contribution in [3.05, 3.63) is 97.1 Å². The Hall–Kier alpha value is -4.33. The minimum absolute atomic E-state index is 0.397. The predicted molar refractivity (Wildman–Crippen MR) is 133 cm³/mol. The number of benzene rings is 4. The van der Waals surface area contributed by atoms with Gasteiger partial charge in [0.2, 0.25) is 0 Å². The van der Waals surface area contributed by atoms with Crippen LogP contribution in [0.15, 0.2) is 101 Å². The van der Waals surface area contributed by atoms with Crippen molar-refractivity contribution in [1.82, 2.24) is 15.0 Å². The van der Waals surface area contributed by atoms with Crippen molar-refractivity contribution in [2.24, 2.45) is 0 Å². The number of furan rings is 1. The smallest absolute Gasteiger partial charge is 0.455 e. The Bertz CT molecular complexity index is 1630. The molecule has 162 valence electrons. The standard InChI is InChI=1S/C27H18BN3O3/c32-28(33)19-15-13-18(14-16-19)26-29-25(17-7-2-1-3-8-17)30-27(31-26)22-11-6-10-21-20-9-4-5-12-23(20)34-24(21)22/h1-16,32-33H. The first kappa shape index (κ1) is 20.3. The third kappa shape index (κ3) is 3.53. The molecule has 2 heterocycles. The molecule has 7 heteroatoms. The first-order chi connectivity index (χ1) is 16.7. The number of aromatic nitrogens is 3. The van der Waals surface area contributed by atoms with Gasteiger partial charge in [-0.05, 0) is 17.6 Å². The fourth-order valence-corrected chi connectivity index (χ4v) is 4.07. The average Bonchev–Trinajstić information content (AvgIpc) is 3.28. The molecule has 0 unspecified atom stereocenters. The lowest BCUT2D eigenvalue weighted by Crippen LogP contribution is -2.29. The average molecular weight is 443 g/mol. The van der Waals surface area contributed by atoms with Crippen LogP contribution in [-0.2, 0) is 0 Å². The van der Waals surface area contributed by atoms with Crippen molar-refractivity contribution in [2.45, 2.75) is 0 Å². The van der Waals surface area contributed by atoms with Crippen molar-refractivity contribution in [2.75, 3.05) is 0 Å². The van der Waals surface area contributed by atoms with E-state index in [-0.39, 0.29) is 0 Å². The Morgan fingerprint density at radius 2 is 1.18 bits per heavy atom. The summed E-state index contributed by atoms with van der Waals surface area (Å²) in [7, 11) is -1.53. The Labute approximate surface area is 195 Å². The molecule has 0 radical (unpaired) electrons. The number of rotatable bonds is 4. The highest BCUT2D eigenvalue weighted by Gasteiger charge is 2.18. The van der Waals surface area contributed by atoms with Gasteiger partial charge < -0.3 is 14.5 Å². The van der Waals surface area contributed by atoms with Crippen LogP contribution in [0.2, 0.25) is 0 Å². The summed E-state index contributed by atoms with van der Waals surface area (Å²) < 4.78 is 6.22. The summed E-state index contributed by atoms with van der Waals surface area (Å²) in [4.78, 5) is 14.3. The maximum absolute atomic E-state index is 9.44. The molecule has 0 fully saturated rings. The van der Waals surface area contributed by atoms with Crippen LogP contribution in [-0.4, -0.2) is 32.1 Å². The zero-order valence-electron chi connectivity index (χ0n) is 18.0. The molecule has 6 nitrogen and oxygen atoms in total. The summed E-state index contributed by atoms with van der Waals surface area (Å²) >= 11 is 0. The number of nitrogens with zero attached hydrogens (tertiary/aromatic N) is 3. The monoisotopic (exact) mass is 443 g/mol. The highest BCUT2D eigenvalue weighted by molar-refractivity contribution is 6.58. The topological polar surface area (TPSA) is 92.3 Å². The second-order valence-corrected chi connectivity index (χ2v) is 7.95. The van der Waals surface area contributed by atoms with E-state index in [1.807, 2.05) is 72.8 Å². The molecular formula is C27H18BN3O3. The molecule has 2 N–H and O–H groups in total. The summed E-state index contributed by atoms with van der Waals surface area (Å²) in [5.41, 5.74) is 4.30. The first-order valence-corrected chi connectivity index (χ1v) is 10.9. The van der Waals surface area contributed by atoms with Gasteiger partial charge in [-0.2, -0.15) is 0 Å². The molecule has 6 aromatic rings. The van der Waals surface area contributed by atoms with E-state index >= 15 is 0 Å². The fourth-order valence-electron chi connectivity index (χ4n) is 4.07. The van der Waals surface area contributed by atoms with Gasteiger partial charge in [-0.1, -0.05) is 84.9 Å². The third-order valence-electron chi connectivity index (χ3n) is 5.78. The molecule has 0 aliphatic rings. The van der Waals surface area contributed by atoms with Crippen molar-refractivity contribution < 1.29 is 14.5 Å². The van der Waals surface area contributed by atoms with Gasteiger partial charge in [0.25, 0.3) is 0 Å². The molecule has 0 saturated heterocycles. The highest BCUT2D eigenvalue weighted by Crippen LogP contribution is 2.35. The quantitative estimate of drug-likeness (QED) is 0.391. The SMILES string of the molecule is OB(O)c1ccc(-c2nc(-c3ccccc3)nc(-c3cccc4c3oc3ccccc34)n2)cc1. The van der Waals surface area contributed by atoms with Crippen LogP contribution in [0.25, 0.3) is 56.1 Å². The molecule has 0 saturated carbocycles. The number of fused-ring (bicyclic) bond motifs is 3. The summed E-state index contributed by atoms with van der Waals surface area (Å²) in [6.07, 6.45) is 0. The molecule has 4 aromatic carbocycles. The van der Waals surface area contributed by atoms with Gasteiger partial charge in [-0.25, -0.2) is 15.0 Å². The van der Waals surface area contributed by atoms with Crippen LogP contribution < -0.4 is 5.46 Å². The van der Waals surface area contributed by atoms with E-state index in [9.17, 15) is 10.0 Å². The second kappa shape index (κ2) is 8.22. The van der Waals surface area contributed by atoms with Crippen molar-refractivity contribution >= 4 is 34.5 Å². The largest absolute Gasteiger partial charge is 0.488 e. The lowest BCUT2D eigenvalue weighted by atomic mass is 9.80. The molecule has 0 spiro atoms. The van der Waals surface area contributed by atoms with E-state index in [1.165, 1.54) is 0 Å². The van der Waals surface area contributed by atoms with E-state index < -0.39 is 7.12 Å². The molecule has 0 aliphatic heterocycles. The minimum atomic E-state index is -1.53. The van der Waals surface area contributed by atoms with Gasteiger partial charge in [0.1, 0.15) is 11.2 Å². The van der Waals surface area contributed by atoms with Crippen LogP contribution in [0, 0.1) is 0 Å². The van der Waals surface area contributed by atoms with E-state index in [1.54, 1.807) is 24.3 Å². The molecule has 6 rings (SSSR count). The highest BCUT2D eigenvalue weighted by atomic mass is 16.4. The molecule has 34 heavy (non-hydrogen) atoms. The third-order valence-corrected chi connectivity index (χ3v) is 5.78. The Balaban J connectivity index is 1.58. The lowest BCUT2D eigenvalue weighted by Gasteiger charge is -2.09.